The second-order valence-electron chi connectivity index (χ2n) is 5.89. The summed E-state index contributed by atoms with van der Waals surface area (Å²) in [6.07, 6.45) is 0. The van der Waals surface area contributed by atoms with Crippen LogP contribution in [0.3, 0.4) is 0 Å². The van der Waals surface area contributed by atoms with Gasteiger partial charge in [-0.1, -0.05) is 65.8 Å². The number of fused-ring (bicyclic) bond motifs is 1. The Balaban J connectivity index is 1.71. The second-order valence-corrected chi connectivity index (χ2v) is 5.89. The molecule has 3 aromatic rings. The summed E-state index contributed by atoms with van der Waals surface area (Å²) in [4.78, 5) is 16.3. The molecule has 0 saturated carbocycles. The van der Waals surface area contributed by atoms with Gasteiger partial charge in [-0.05, 0) is 47.4 Å². The topological polar surface area (TPSA) is 47.9 Å². The predicted molar refractivity (Wildman–Crippen MR) is 104 cm³/mol. The molecule has 4 nitrogen and oxygen atoms in total. The Bertz CT molecular complexity index is 930. The van der Waals surface area contributed by atoms with E-state index in [4.69, 9.17) is 9.57 Å². The molecule has 0 aromatic heterocycles. The van der Waals surface area contributed by atoms with E-state index in [1.807, 2.05) is 31.2 Å². The molecule has 0 N–H and O–H groups in total. The van der Waals surface area contributed by atoms with Gasteiger partial charge in [0.05, 0.1) is 12.3 Å². The maximum absolute atomic E-state index is 11.2. The molecular weight excluding hydrogens is 326 g/mol. The van der Waals surface area contributed by atoms with Crippen LogP contribution in [-0.4, -0.2) is 24.9 Å². The van der Waals surface area contributed by atoms with Gasteiger partial charge in [-0.25, -0.2) is 4.79 Å². The number of carbonyl (C=O) groups excluding carboxylic acids is 1. The van der Waals surface area contributed by atoms with Crippen molar-refractivity contribution in [1.82, 2.24) is 0 Å². The summed E-state index contributed by atoms with van der Waals surface area (Å²) < 4.78 is 4.79. The first-order chi connectivity index (χ1) is 12.7. The van der Waals surface area contributed by atoms with Crippen LogP contribution in [0.5, 0.6) is 0 Å². The van der Waals surface area contributed by atoms with E-state index in [1.54, 1.807) is 6.92 Å². The molecule has 0 radical (unpaired) electrons. The third kappa shape index (κ3) is 4.28. The minimum absolute atomic E-state index is 0.180. The lowest BCUT2D eigenvalue weighted by Crippen LogP contribution is -2.11. The van der Waals surface area contributed by atoms with Gasteiger partial charge >= 0.3 is 5.97 Å². The zero-order valence-electron chi connectivity index (χ0n) is 14.9. The molecule has 3 aromatic carbocycles. The largest absolute Gasteiger partial charge is 0.463 e. The third-order valence-corrected chi connectivity index (χ3v) is 4.07. The van der Waals surface area contributed by atoms with Crippen molar-refractivity contribution in [3.8, 4) is 11.1 Å². The van der Waals surface area contributed by atoms with Crippen LogP contribution in [0.15, 0.2) is 71.9 Å². The SMILES string of the molecule is CCOC(=O)CON=C(C)c1ccc(-c2ccc3ccccc3c2)cc1. The molecule has 0 unspecified atom stereocenters. The molecule has 4 heteroatoms. The van der Waals surface area contributed by atoms with Gasteiger partial charge in [0.25, 0.3) is 0 Å². The van der Waals surface area contributed by atoms with Crippen molar-refractivity contribution in [2.45, 2.75) is 13.8 Å². The normalized spacial score (nSPS) is 11.4. The van der Waals surface area contributed by atoms with E-state index in [-0.39, 0.29) is 6.61 Å². The number of ether oxygens (including phenoxy) is 1. The third-order valence-electron chi connectivity index (χ3n) is 4.07. The zero-order valence-corrected chi connectivity index (χ0v) is 14.9. The van der Waals surface area contributed by atoms with Crippen LogP contribution in [0, 0.1) is 0 Å². The van der Waals surface area contributed by atoms with E-state index < -0.39 is 5.97 Å². The molecule has 0 heterocycles. The fourth-order valence-corrected chi connectivity index (χ4v) is 2.71. The molecule has 3 rings (SSSR count). The smallest absolute Gasteiger partial charge is 0.347 e. The Kier molecular flexibility index (Phi) is 5.64. The first-order valence-electron chi connectivity index (χ1n) is 8.59. The number of rotatable bonds is 6. The molecule has 0 spiro atoms. The predicted octanol–water partition coefficient (Wildman–Crippen LogP) is 4.81. The highest BCUT2D eigenvalue weighted by atomic mass is 16.7. The van der Waals surface area contributed by atoms with Crippen molar-refractivity contribution >= 4 is 22.5 Å². The average Bonchev–Trinajstić information content (AvgIpc) is 2.68. The van der Waals surface area contributed by atoms with Gasteiger partial charge in [0.2, 0.25) is 6.61 Å². The number of carbonyl (C=O) groups is 1. The molecule has 0 aliphatic rings. The number of oxime groups is 1. The first-order valence-corrected chi connectivity index (χ1v) is 8.59. The second kappa shape index (κ2) is 8.30. The van der Waals surface area contributed by atoms with Crippen molar-refractivity contribution in [3.63, 3.8) is 0 Å². The van der Waals surface area contributed by atoms with E-state index in [2.05, 4.69) is 47.6 Å². The lowest BCUT2D eigenvalue weighted by molar-refractivity contribution is -0.148. The standard InChI is InChI=1S/C22H21NO3/c1-3-25-22(24)15-26-23-16(2)17-8-10-19(11-9-17)21-13-12-18-6-4-5-7-20(18)14-21/h4-14H,3,15H2,1-2H3. The fraction of sp³-hybridized carbons (Fsp3) is 0.182. The van der Waals surface area contributed by atoms with Gasteiger partial charge in [-0.15, -0.1) is 0 Å². The van der Waals surface area contributed by atoms with Crippen molar-refractivity contribution in [2.75, 3.05) is 13.2 Å². The number of hydrogen-bond donors (Lipinski definition) is 0. The van der Waals surface area contributed by atoms with E-state index in [9.17, 15) is 4.79 Å². The van der Waals surface area contributed by atoms with E-state index in [0.29, 0.717) is 12.3 Å². The highest BCUT2D eigenvalue weighted by Gasteiger charge is 2.04. The van der Waals surface area contributed by atoms with Crippen LogP contribution in [0.1, 0.15) is 19.4 Å². The van der Waals surface area contributed by atoms with E-state index >= 15 is 0 Å². The Morgan fingerprint density at radius 2 is 1.62 bits per heavy atom. The maximum atomic E-state index is 11.2. The number of hydrogen-bond acceptors (Lipinski definition) is 4. The van der Waals surface area contributed by atoms with Gasteiger partial charge in [0, 0.05) is 0 Å². The summed E-state index contributed by atoms with van der Waals surface area (Å²) in [5, 5.41) is 6.43. The molecule has 0 amide bonds. The number of esters is 1. The summed E-state index contributed by atoms with van der Waals surface area (Å²) in [5.74, 6) is -0.421. The van der Waals surface area contributed by atoms with Crippen molar-refractivity contribution in [2.24, 2.45) is 5.16 Å². The minimum Gasteiger partial charge on any atom is -0.463 e. The van der Waals surface area contributed by atoms with Crippen LogP contribution in [0.25, 0.3) is 21.9 Å². The van der Waals surface area contributed by atoms with E-state index in [0.717, 1.165) is 11.1 Å². The van der Waals surface area contributed by atoms with E-state index in [1.165, 1.54) is 16.3 Å². The van der Waals surface area contributed by atoms with Crippen LogP contribution >= 0.6 is 0 Å². The molecule has 0 saturated heterocycles. The zero-order chi connectivity index (χ0) is 18.4. The molecule has 0 aliphatic carbocycles. The lowest BCUT2D eigenvalue weighted by Gasteiger charge is -2.06. The van der Waals surface area contributed by atoms with Gasteiger partial charge in [-0.2, -0.15) is 0 Å². The summed E-state index contributed by atoms with van der Waals surface area (Å²) in [5.41, 5.74) is 3.96. The molecule has 0 atom stereocenters. The molecule has 0 bridgehead atoms. The van der Waals surface area contributed by atoms with Gasteiger partial charge < -0.3 is 9.57 Å². The van der Waals surface area contributed by atoms with Crippen LogP contribution < -0.4 is 0 Å². The highest BCUT2D eigenvalue weighted by Crippen LogP contribution is 2.24. The summed E-state index contributed by atoms with van der Waals surface area (Å²) in [6, 6.07) is 22.9. The molecular formula is C22H21NO3. The van der Waals surface area contributed by atoms with Gasteiger partial charge in [0.1, 0.15) is 0 Å². The first kappa shape index (κ1) is 17.7. The molecule has 132 valence electrons. The van der Waals surface area contributed by atoms with Crippen LogP contribution in [0.4, 0.5) is 0 Å². The Morgan fingerprint density at radius 1 is 0.923 bits per heavy atom. The monoisotopic (exact) mass is 347 g/mol. The van der Waals surface area contributed by atoms with Gasteiger partial charge in [-0.3, -0.25) is 0 Å². The highest BCUT2D eigenvalue weighted by molar-refractivity contribution is 5.98. The Morgan fingerprint density at radius 3 is 2.35 bits per heavy atom. The van der Waals surface area contributed by atoms with Crippen LogP contribution in [-0.2, 0) is 14.4 Å². The lowest BCUT2D eigenvalue weighted by atomic mass is 9.99. The van der Waals surface area contributed by atoms with Crippen LogP contribution in [0.2, 0.25) is 0 Å². The fourth-order valence-electron chi connectivity index (χ4n) is 2.71. The molecule has 26 heavy (non-hydrogen) atoms. The molecule has 0 fully saturated rings. The maximum Gasteiger partial charge on any atom is 0.347 e. The summed E-state index contributed by atoms with van der Waals surface area (Å²) >= 11 is 0. The van der Waals surface area contributed by atoms with Crippen molar-refractivity contribution in [1.29, 1.82) is 0 Å². The Labute approximate surface area is 153 Å². The molecule has 0 aliphatic heterocycles. The number of benzene rings is 3. The number of nitrogens with zero attached hydrogens (tertiary/aromatic N) is 1. The van der Waals surface area contributed by atoms with Crippen molar-refractivity contribution in [3.05, 3.63) is 72.3 Å². The minimum atomic E-state index is -0.421. The van der Waals surface area contributed by atoms with Crippen molar-refractivity contribution < 1.29 is 14.4 Å². The average molecular weight is 347 g/mol. The summed E-state index contributed by atoms with van der Waals surface area (Å²) in [6.45, 7) is 3.75. The van der Waals surface area contributed by atoms with Gasteiger partial charge in [0.15, 0.2) is 0 Å². The summed E-state index contributed by atoms with van der Waals surface area (Å²) in [7, 11) is 0. The quantitative estimate of drug-likeness (QED) is 0.365. The Hall–Kier alpha value is -3.14.